The van der Waals surface area contributed by atoms with Crippen LogP contribution in [0.25, 0.3) is 0 Å². The minimum atomic E-state index is -0.750. The molecule has 0 aromatic carbocycles. The minimum absolute atomic E-state index is 0. The van der Waals surface area contributed by atoms with E-state index in [0.717, 1.165) is 24.6 Å². The molecular formula is C9H18N2NiO2S3-2. The van der Waals surface area contributed by atoms with Crippen LogP contribution in [0, 0.1) is 0 Å². The normalized spacial score (nSPS) is 17.3. The first-order chi connectivity index (χ1) is 7.78. The zero-order valence-electron chi connectivity index (χ0n) is 9.62. The van der Waals surface area contributed by atoms with E-state index in [9.17, 15) is 0 Å². The summed E-state index contributed by atoms with van der Waals surface area (Å²) in [6.45, 7) is 6.93. The molecule has 8 heteroatoms. The monoisotopic (exact) mass is 340 g/mol. The van der Waals surface area contributed by atoms with Gasteiger partial charge in [0.05, 0.1) is 0 Å². The standard InChI is InChI=1S/C9H20N2S2.Ni.O2S/c12-8-6-10-2-1-3-11(5-4-10)7-9-13;;1-3-2/h12-13H,1-9H2;;/p-2. The summed E-state index contributed by atoms with van der Waals surface area (Å²) < 4.78 is 16.6. The molecule has 0 saturated carbocycles. The average Bonchev–Trinajstić information content (AvgIpc) is 2.47. The predicted octanol–water partition coefficient (Wildman–Crippen LogP) is -0.585. The van der Waals surface area contributed by atoms with Crippen LogP contribution in [0.1, 0.15) is 6.42 Å². The molecule has 0 radical (unpaired) electrons. The summed E-state index contributed by atoms with van der Waals surface area (Å²) in [5.41, 5.74) is 0. The molecule has 1 aliphatic rings. The van der Waals surface area contributed by atoms with Gasteiger partial charge in [0.15, 0.2) is 0 Å². The van der Waals surface area contributed by atoms with Crippen molar-refractivity contribution >= 4 is 36.8 Å². The molecule has 4 nitrogen and oxygen atoms in total. The van der Waals surface area contributed by atoms with Crippen molar-refractivity contribution in [1.29, 1.82) is 0 Å². The Morgan fingerprint density at radius 2 is 1.24 bits per heavy atom. The second-order valence-corrected chi connectivity index (χ2v) is 4.47. The fourth-order valence-corrected chi connectivity index (χ4v) is 2.25. The first-order valence-corrected chi connectivity index (χ1v) is 7.13. The molecule has 17 heavy (non-hydrogen) atoms. The molecule has 1 rings (SSSR count). The largest absolute Gasteiger partial charge is 0.791 e. The molecule has 1 heterocycles. The van der Waals surface area contributed by atoms with Gasteiger partial charge < -0.3 is 35.1 Å². The summed E-state index contributed by atoms with van der Waals surface area (Å²) in [4.78, 5) is 4.94. The number of hydrogen-bond acceptors (Lipinski definition) is 6. The van der Waals surface area contributed by atoms with E-state index in [1.807, 2.05) is 0 Å². The summed E-state index contributed by atoms with van der Waals surface area (Å²) in [5, 5.41) is 0. The molecule has 0 aromatic rings. The Balaban J connectivity index is 0. The van der Waals surface area contributed by atoms with Crippen molar-refractivity contribution in [3.63, 3.8) is 0 Å². The molecule has 0 unspecified atom stereocenters. The summed E-state index contributed by atoms with van der Waals surface area (Å²) in [6, 6.07) is 0. The van der Waals surface area contributed by atoms with E-state index >= 15 is 0 Å². The third-order valence-corrected chi connectivity index (χ3v) is 2.86. The van der Waals surface area contributed by atoms with Crippen molar-refractivity contribution in [2.75, 3.05) is 50.8 Å². The van der Waals surface area contributed by atoms with Gasteiger partial charge in [-0.25, -0.2) is 0 Å². The van der Waals surface area contributed by atoms with Crippen molar-refractivity contribution in [2.45, 2.75) is 6.42 Å². The summed E-state index contributed by atoms with van der Waals surface area (Å²) in [6.07, 6.45) is 1.27. The zero-order valence-corrected chi connectivity index (χ0v) is 13.1. The Labute approximate surface area is 128 Å². The Morgan fingerprint density at radius 3 is 1.53 bits per heavy atom. The van der Waals surface area contributed by atoms with E-state index in [4.69, 9.17) is 33.7 Å². The van der Waals surface area contributed by atoms with E-state index in [0.29, 0.717) is 0 Å². The smallest absolute Gasteiger partial charge is 0.335 e. The van der Waals surface area contributed by atoms with Crippen LogP contribution in [-0.2, 0) is 53.3 Å². The fourth-order valence-electron chi connectivity index (χ4n) is 1.73. The first kappa shape index (κ1) is 20.3. The Kier molecular flexibility index (Phi) is 17.9. The predicted molar refractivity (Wildman–Crippen MR) is 70.9 cm³/mol. The molecule has 0 aromatic heterocycles. The van der Waals surface area contributed by atoms with Crippen molar-refractivity contribution < 1.29 is 24.9 Å². The summed E-state index contributed by atoms with van der Waals surface area (Å²) in [5.74, 6) is 1.72. The average molecular weight is 341 g/mol. The molecular weight excluding hydrogens is 323 g/mol. The van der Waals surface area contributed by atoms with Crippen LogP contribution in [0.5, 0.6) is 0 Å². The zero-order chi connectivity index (χ0) is 12.2. The maximum Gasteiger partial charge on any atom is 0.335 e. The van der Waals surface area contributed by atoms with Crippen LogP contribution < -0.4 is 0 Å². The van der Waals surface area contributed by atoms with Crippen molar-refractivity contribution in [3.05, 3.63) is 0 Å². The molecule has 106 valence electrons. The SMILES string of the molecule is O=S=O.[Ni].[S-]CCN1CCCN(CC[S-])CC1. The van der Waals surface area contributed by atoms with Gasteiger partial charge in [-0.15, -0.1) is 0 Å². The van der Waals surface area contributed by atoms with Gasteiger partial charge in [0, 0.05) is 29.6 Å². The summed E-state index contributed by atoms with van der Waals surface area (Å²) in [7, 11) is 0. The van der Waals surface area contributed by atoms with Crippen LogP contribution in [0.4, 0.5) is 0 Å². The van der Waals surface area contributed by atoms with Gasteiger partial charge in [-0.2, -0.15) is 19.9 Å². The molecule has 1 fully saturated rings. The molecule has 1 aliphatic heterocycles. The second kappa shape index (κ2) is 15.0. The maximum absolute atomic E-state index is 8.29. The third kappa shape index (κ3) is 11.7. The van der Waals surface area contributed by atoms with E-state index in [1.165, 1.54) is 32.6 Å². The molecule has 1 saturated heterocycles. The van der Waals surface area contributed by atoms with Gasteiger partial charge >= 0.3 is 11.6 Å². The van der Waals surface area contributed by atoms with Crippen molar-refractivity contribution in [1.82, 2.24) is 9.80 Å². The topological polar surface area (TPSA) is 40.6 Å². The van der Waals surface area contributed by atoms with Gasteiger partial charge in [-0.05, 0) is 32.6 Å². The molecule has 0 atom stereocenters. The second-order valence-electron chi connectivity index (χ2n) is 3.51. The van der Waals surface area contributed by atoms with Gasteiger partial charge in [0.2, 0.25) is 0 Å². The van der Waals surface area contributed by atoms with E-state index in [2.05, 4.69) is 9.80 Å². The third-order valence-electron chi connectivity index (χ3n) is 2.50. The Bertz CT molecular complexity index is 193. The van der Waals surface area contributed by atoms with Crippen LogP contribution in [0.3, 0.4) is 0 Å². The van der Waals surface area contributed by atoms with Crippen molar-refractivity contribution in [3.8, 4) is 0 Å². The van der Waals surface area contributed by atoms with Crippen LogP contribution in [-0.4, -0.2) is 69.0 Å². The minimum Gasteiger partial charge on any atom is -0.791 e. The van der Waals surface area contributed by atoms with Crippen molar-refractivity contribution in [2.24, 2.45) is 0 Å². The summed E-state index contributed by atoms with van der Waals surface area (Å²) >= 11 is 9.22. The van der Waals surface area contributed by atoms with Gasteiger partial charge in [0.25, 0.3) is 0 Å². The molecule has 0 bridgehead atoms. The fraction of sp³-hybridized carbons (Fsp3) is 1.00. The molecule has 0 amide bonds. The van der Waals surface area contributed by atoms with E-state index in [1.54, 1.807) is 0 Å². The number of nitrogens with zero attached hydrogens (tertiary/aromatic N) is 2. The molecule has 0 aliphatic carbocycles. The van der Waals surface area contributed by atoms with Gasteiger partial charge in [0.1, 0.15) is 0 Å². The van der Waals surface area contributed by atoms with E-state index < -0.39 is 11.6 Å². The van der Waals surface area contributed by atoms with Crippen LogP contribution in [0.2, 0.25) is 0 Å². The van der Waals surface area contributed by atoms with E-state index in [-0.39, 0.29) is 16.5 Å². The van der Waals surface area contributed by atoms with Crippen LogP contribution in [0.15, 0.2) is 0 Å². The van der Waals surface area contributed by atoms with Gasteiger partial charge in [-0.3, -0.25) is 0 Å². The van der Waals surface area contributed by atoms with Gasteiger partial charge in [-0.1, -0.05) is 0 Å². The number of hydrogen-bond donors (Lipinski definition) is 0. The molecule has 0 N–H and O–H groups in total. The first-order valence-electron chi connectivity index (χ1n) is 5.31. The molecule has 0 spiro atoms. The Morgan fingerprint density at radius 1 is 0.882 bits per heavy atom. The van der Waals surface area contributed by atoms with Crippen LogP contribution >= 0.6 is 0 Å². The number of rotatable bonds is 4. The quantitative estimate of drug-likeness (QED) is 0.503. The maximum atomic E-state index is 8.29. The Hall–Kier alpha value is 0.934.